The molecule has 2 amide bonds. The summed E-state index contributed by atoms with van der Waals surface area (Å²) in [5.41, 5.74) is 7.08. The number of hydrogen-bond donors (Lipinski definition) is 2. The number of halogens is 1. The van der Waals surface area contributed by atoms with E-state index < -0.39 is 5.82 Å². The molecule has 176 valence electrons. The summed E-state index contributed by atoms with van der Waals surface area (Å²) in [6, 6.07) is 5.00. The predicted octanol–water partition coefficient (Wildman–Crippen LogP) is 1.50. The number of nitrogens with one attached hydrogen (secondary N) is 2. The van der Waals surface area contributed by atoms with Crippen molar-refractivity contribution in [3.05, 3.63) is 35.1 Å². The molecule has 2 heterocycles. The number of carbonyl (C=O) groups excluding carboxylic acids is 2. The number of benzene rings is 1. The van der Waals surface area contributed by atoms with Gasteiger partial charge in [-0.2, -0.15) is 0 Å². The second-order valence-electron chi connectivity index (χ2n) is 9.75. The van der Waals surface area contributed by atoms with E-state index in [2.05, 4.69) is 34.7 Å². The Morgan fingerprint density at radius 1 is 1.16 bits per heavy atom. The number of hydrogen-bond acceptors (Lipinski definition) is 5. The largest absolute Gasteiger partial charge is 0.336 e. The molecule has 2 aliphatic heterocycles. The summed E-state index contributed by atoms with van der Waals surface area (Å²) < 4.78 is 14.6. The first-order chi connectivity index (χ1) is 15.4. The van der Waals surface area contributed by atoms with E-state index in [0.717, 1.165) is 57.4 Å². The molecule has 8 heteroatoms. The molecule has 3 atom stereocenters. The van der Waals surface area contributed by atoms with Crippen molar-refractivity contribution in [1.29, 1.82) is 0 Å². The van der Waals surface area contributed by atoms with Crippen molar-refractivity contribution in [3.8, 4) is 0 Å². The lowest BCUT2D eigenvalue weighted by Gasteiger charge is -2.41. The molecule has 1 aliphatic carbocycles. The molecule has 1 aromatic rings. The molecule has 1 aromatic carbocycles. The van der Waals surface area contributed by atoms with E-state index in [1.807, 2.05) is 0 Å². The Labute approximate surface area is 190 Å². The van der Waals surface area contributed by atoms with E-state index in [4.69, 9.17) is 0 Å². The van der Waals surface area contributed by atoms with Crippen LogP contribution < -0.4 is 10.9 Å². The van der Waals surface area contributed by atoms with Crippen LogP contribution in [0.3, 0.4) is 0 Å². The van der Waals surface area contributed by atoms with Gasteiger partial charge in [0.1, 0.15) is 5.82 Å². The zero-order valence-electron chi connectivity index (χ0n) is 19.3. The average Bonchev–Trinajstić information content (AvgIpc) is 2.81. The number of hydrazine groups is 1. The fourth-order valence-corrected chi connectivity index (χ4v) is 5.34. The highest BCUT2D eigenvalue weighted by Gasteiger charge is 2.39. The fourth-order valence-electron chi connectivity index (χ4n) is 5.34. The SMILES string of the molecule is CN(C)CCN1CCN(C(=O)c2cc(CC3NNC(=O)C4CCCCC34)ccc2F)CC1. The maximum Gasteiger partial charge on any atom is 0.256 e. The lowest BCUT2D eigenvalue weighted by molar-refractivity contribution is -0.133. The van der Waals surface area contributed by atoms with E-state index in [1.54, 1.807) is 17.0 Å². The van der Waals surface area contributed by atoms with E-state index >= 15 is 0 Å². The minimum Gasteiger partial charge on any atom is -0.336 e. The van der Waals surface area contributed by atoms with Crippen molar-refractivity contribution in [1.82, 2.24) is 25.6 Å². The molecule has 7 nitrogen and oxygen atoms in total. The van der Waals surface area contributed by atoms with Crippen LogP contribution in [0.25, 0.3) is 0 Å². The summed E-state index contributed by atoms with van der Waals surface area (Å²) in [5.74, 6) is -0.255. The molecule has 3 fully saturated rings. The number of piperazine rings is 1. The van der Waals surface area contributed by atoms with Crippen LogP contribution in [-0.4, -0.2) is 85.9 Å². The Morgan fingerprint density at radius 2 is 1.91 bits per heavy atom. The molecule has 4 rings (SSSR count). The quantitative estimate of drug-likeness (QED) is 0.695. The second kappa shape index (κ2) is 10.3. The Kier molecular flexibility index (Phi) is 7.43. The van der Waals surface area contributed by atoms with Gasteiger partial charge in [-0.15, -0.1) is 0 Å². The molecular formula is C24H36FN5O2. The third-order valence-electron chi connectivity index (χ3n) is 7.29. The summed E-state index contributed by atoms with van der Waals surface area (Å²) in [5, 5.41) is 0. The lowest BCUT2D eigenvalue weighted by Crippen LogP contribution is -2.60. The van der Waals surface area contributed by atoms with Crippen LogP contribution in [-0.2, 0) is 11.2 Å². The van der Waals surface area contributed by atoms with Crippen molar-refractivity contribution in [2.24, 2.45) is 11.8 Å². The van der Waals surface area contributed by atoms with Crippen LogP contribution in [0.15, 0.2) is 18.2 Å². The number of nitrogens with zero attached hydrogens (tertiary/aromatic N) is 3. The summed E-state index contributed by atoms with van der Waals surface area (Å²) >= 11 is 0. The van der Waals surface area contributed by atoms with Gasteiger partial charge < -0.3 is 9.80 Å². The monoisotopic (exact) mass is 445 g/mol. The first kappa shape index (κ1) is 23.1. The van der Waals surface area contributed by atoms with Gasteiger partial charge in [0.15, 0.2) is 0 Å². The first-order valence-electron chi connectivity index (χ1n) is 11.9. The topological polar surface area (TPSA) is 67.9 Å². The molecule has 32 heavy (non-hydrogen) atoms. The minimum atomic E-state index is -0.464. The van der Waals surface area contributed by atoms with Gasteiger partial charge in [0.25, 0.3) is 5.91 Å². The van der Waals surface area contributed by atoms with E-state index in [0.29, 0.717) is 19.5 Å². The smallest absolute Gasteiger partial charge is 0.256 e. The van der Waals surface area contributed by atoms with Crippen molar-refractivity contribution in [3.63, 3.8) is 0 Å². The Hall–Kier alpha value is -2.03. The van der Waals surface area contributed by atoms with Gasteiger partial charge >= 0.3 is 0 Å². The van der Waals surface area contributed by atoms with Gasteiger partial charge in [0.2, 0.25) is 5.91 Å². The predicted molar refractivity (Wildman–Crippen MR) is 122 cm³/mol. The van der Waals surface area contributed by atoms with E-state index in [9.17, 15) is 14.0 Å². The molecular weight excluding hydrogens is 409 g/mol. The highest BCUT2D eigenvalue weighted by Crippen LogP contribution is 2.35. The van der Waals surface area contributed by atoms with Gasteiger partial charge in [0.05, 0.1) is 5.56 Å². The second-order valence-corrected chi connectivity index (χ2v) is 9.75. The first-order valence-corrected chi connectivity index (χ1v) is 11.9. The summed E-state index contributed by atoms with van der Waals surface area (Å²) in [4.78, 5) is 31.6. The molecule has 3 aliphatic rings. The molecule has 0 radical (unpaired) electrons. The molecule has 0 spiro atoms. The van der Waals surface area contributed by atoms with Gasteiger partial charge in [-0.3, -0.25) is 19.9 Å². The van der Waals surface area contributed by atoms with Crippen molar-refractivity contribution >= 4 is 11.8 Å². The van der Waals surface area contributed by atoms with Crippen molar-refractivity contribution < 1.29 is 14.0 Å². The highest BCUT2D eigenvalue weighted by molar-refractivity contribution is 5.94. The maximum absolute atomic E-state index is 14.6. The lowest BCUT2D eigenvalue weighted by atomic mass is 9.72. The van der Waals surface area contributed by atoms with Crippen LogP contribution in [0.2, 0.25) is 0 Å². The third kappa shape index (κ3) is 5.30. The highest BCUT2D eigenvalue weighted by atomic mass is 19.1. The number of amides is 2. The molecule has 1 saturated carbocycles. The van der Waals surface area contributed by atoms with Gasteiger partial charge in [-0.1, -0.05) is 18.9 Å². The Bertz CT molecular complexity index is 825. The van der Waals surface area contributed by atoms with Gasteiger partial charge in [0, 0.05) is 51.2 Å². The van der Waals surface area contributed by atoms with E-state index in [-0.39, 0.29) is 35.3 Å². The molecule has 2 saturated heterocycles. The number of likely N-dealkylation sites (N-methyl/N-ethyl adjacent to an activating group) is 1. The standard InChI is InChI=1S/C24H36FN5O2/c1-28(2)9-10-29-11-13-30(14-12-29)24(32)20-15-17(7-8-21(20)25)16-22-18-5-3-4-6-19(18)23(31)27-26-22/h7-8,15,18-19,22,26H,3-6,9-14,16H2,1-2H3,(H,27,31). The fraction of sp³-hybridized carbons (Fsp3) is 0.667. The molecule has 0 bridgehead atoms. The average molecular weight is 446 g/mol. The Balaban J connectivity index is 1.39. The van der Waals surface area contributed by atoms with Crippen molar-refractivity contribution in [2.75, 3.05) is 53.4 Å². The maximum atomic E-state index is 14.6. The normalized spacial score (nSPS) is 26.7. The zero-order valence-corrected chi connectivity index (χ0v) is 19.3. The van der Waals surface area contributed by atoms with Crippen LogP contribution in [0.4, 0.5) is 4.39 Å². The molecule has 3 unspecified atom stereocenters. The summed E-state index contributed by atoms with van der Waals surface area (Å²) in [6.45, 7) is 4.84. The summed E-state index contributed by atoms with van der Waals surface area (Å²) in [6.07, 6.45) is 4.86. The van der Waals surface area contributed by atoms with Crippen LogP contribution >= 0.6 is 0 Å². The third-order valence-corrected chi connectivity index (χ3v) is 7.29. The summed E-state index contributed by atoms with van der Waals surface area (Å²) in [7, 11) is 4.11. The van der Waals surface area contributed by atoms with E-state index in [1.165, 1.54) is 6.07 Å². The number of carbonyl (C=O) groups is 2. The Morgan fingerprint density at radius 3 is 2.66 bits per heavy atom. The van der Waals surface area contributed by atoms with Gasteiger partial charge in [-0.25, -0.2) is 9.82 Å². The number of fused-ring (bicyclic) bond motifs is 1. The van der Waals surface area contributed by atoms with Crippen LogP contribution in [0, 0.1) is 17.7 Å². The number of rotatable bonds is 6. The van der Waals surface area contributed by atoms with Crippen LogP contribution in [0.1, 0.15) is 41.6 Å². The van der Waals surface area contributed by atoms with Crippen LogP contribution in [0.5, 0.6) is 0 Å². The minimum absolute atomic E-state index is 0.0559. The van der Waals surface area contributed by atoms with Crippen molar-refractivity contribution in [2.45, 2.75) is 38.1 Å². The molecule has 0 aromatic heterocycles. The van der Waals surface area contributed by atoms with Gasteiger partial charge in [-0.05, 0) is 57.0 Å². The molecule has 2 N–H and O–H groups in total. The zero-order chi connectivity index (χ0) is 22.7.